The number of para-hydroxylation sites is 2. The van der Waals surface area contributed by atoms with Gasteiger partial charge in [0.25, 0.3) is 0 Å². The van der Waals surface area contributed by atoms with Gasteiger partial charge < -0.3 is 40.6 Å². The van der Waals surface area contributed by atoms with Crippen LogP contribution in [0.5, 0.6) is 11.5 Å². The van der Waals surface area contributed by atoms with Gasteiger partial charge in [0, 0.05) is 11.1 Å². The number of carbonyl (C=O) groups is 2. The number of phenolic OH excluding ortho intramolecular Hbond substituents is 2. The zero-order chi connectivity index (χ0) is 22.1. The van der Waals surface area contributed by atoms with Crippen LogP contribution < -0.4 is 20.8 Å². The first-order chi connectivity index (χ1) is 14.1. The van der Waals surface area contributed by atoms with Crippen LogP contribution in [0.15, 0.2) is 48.6 Å². The fourth-order valence-corrected chi connectivity index (χ4v) is 3.02. The van der Waals surface area contributed by atoms with E-state index in [-0.39, 0.29) is 28.9 Å². The van der Waals surface area contributed by atoms with E-state index in [1.54, 1.807) is 36.4 Å². The molecule has 0 aliphatic carbocycles. The maximum Gasteiger partial charge on any atom is 3.00 e. The minimum Gasteiger partial charge on any atom is -0.547 e. The molecule has 31 heavy (non-hydrogen) atoms. The number of rotatable bonds is 2. The van der Waals surface area contributed by atoms with Crippen molar-refractivity contribution >= 4 is 52.8 Å². The number of phenols is 2. The van der Waals surface area contributed by atoms with Crippen LogP contribution in [0.1, 0.15) is 25.0 Å². The fourth-order valence-electron chi connectivity index (χ4n) is 3.02. The number of carbonyl (C=O) groups excluding carboxylic acids is 2. The Bertz CT molecular complexity index is 998. The van der Waals surface area contributed by atoms with E-state index in [0.717, 1.165) is 11.1 Å². The van der Waals surface area contributed by atoms with Crippen molar-refractivity contribution in [2.45, 2.75) is 24.9 Å². The van der Waals surface area contributed by atoms with Crippen LogP contribution in [0.2, 0.25) is 0 Å². The number of carboxylic acid groups (broad SMARTS) is 2. The zero-order valence-corrected chi connectivity index (χ0v) is 18.0. The van der Waals surface area contributed by atoms with Crippen molar-refractivity contribution in [3.63, 3.8) is 0 Å². The first-order valence-corrected chi connectivity index (χ1v) is 9.07. The SMILES string of the molecule is CC1(C(=O)[O-])C=Cc2cccc(O)c2N1.CC1(C(=O)[O-])C=Cc2cccc(O)c2N1.[Al+3]. The molecule has 0 aromatic heterocycles. The minimum absolute atomic E-state index is 0. The number of aromatic hydroxyl groups is 2. The summed E-state index contributed by atoms with van der Waals surface area (Å²) < 4.78 is 0. The molecular weight excluding hydrogens is 415 g/mol. The van der Waals surface area contributed by atoms with Crippen molar-refractivity contribution in [2.24, 2.45) is 0 Å². The Balaban J connectivity index is 0.000000213. The molecule has 8 nitrogen and oxygen atoms in total. The molecule has 2 aromatic carbocycles. The van der Waals surface area contributed by atoms with Crippen molar-refractivity contribution in [3.05, 3.63) is 59.7 Å². The number of hydrogen-bond donors (Lipinski definition) is 4. The smallest absolute Gasteiger partial charge is 0.547 e. The molecule has 4 rings (SSSR count). The van der Waals surface area contributed by atoms with E-state index in [4.69, 9.17) is 0 Å². The Morgan fingerprint density at radius 2 is 1.13 bits per heavy atom. The topological polar surface area (TPSA) is 145 Å². The molecule has 2 heterocycles. The second-order valence-corrected chi connectivity index (χ2v) is 7.38. The van der Waals surface area contributed by atoms with Gasteiger partial charge in [-0.05, 0) is 26.0 Å². The number of anilines is 2. The van der Waals surface area contributed by atoms with E-state index in [0.29, 0.717) is 11.4 Å². The monoisotopic (exact) mass is 435 g/mol. The molecule has 9 heteroatoms. The van der Waals surface area contributed by atoms with E-state index >= 15 is 0 Å². The zero-order valence-electron chi connectivity index (χ0n) is 16.9. The summed E-state index contributed by atoms with van der Waals surface area (Å²) in [6.07, 6.45) is 6.32. The summed E-state index contributed by atoms with van der Waals surface area (Å²) in [6.45, 7) is 2.96. The molecule has 0 bridgehead atoms. The number of carboxylic acids is 2. The van der Waals surface area contributed by atoms with Crippen LogP contribution in [0.3, 0.4) is 0 Å². The van der Waals surface area contributed by atoms with Crippen LogP contribution in [0, 0.1) is 0 Å². The summed E-state index contributed by atoms with van der Waals surface area (Å²) in [6, 6.07) is 9.96. The predicted octanol–water partition coefficient (Wildman–Crippen LogP) is 0.298. The Labute approximate surface area is 189 Å². The maximum atomic E-state index is 10.9. The Kier molecular flexibility index (Phi) is 6.74. The normalized spacial score (nSPS) is 22.3. The predicted molar refractivity (Wildman–Crippen MR) is 114 cm³/mol. The van der Waals surface area contributed by atoms with Gasteiger partial charge in [0.05, 0.1) is 34.4 Å². The molecule has 0 radical (unpaired) electrons. The average molecular weight is 435 g/mol. The Hall–Kier alpha value is -3.41. The summed E-state index contributed by atoms with van der Waals surface area (Å²) in [5, 5.41) is 46.4. The average Bonchev–Trinajstić information content (AvgIpc) is 2.70. The van der Waals surface area contributed by atoms with Gasteiger partial charge in [-0.2, -0.15) is 0 Å². The standard InChI is InChI=1S/2C11H11NO3.Al/c2*1-11(10(14)15)6-5-7-3-2-4-8(13)9(7)12-11;/h2*2-6,12-13H,1H3,(H,14,15);/q;;+3/p-2. The van der Waals surface area contributed by atoms with Gasteiger partial charge in [0.1, 0.15) is 11.5 Å². The van der Waals surface area contributed by atoms with Crippen molar-refractivity contribution in [3.8, 4) is 11.5 Å². The van der Waals surface area contributed by atoms with Crippen LogP contribution in [-0.2, 0) is 9.59 Å². The second-order valence-electron chi connectivity index (χ2n) is 7.38. The van der Waals surface area contributed by atoms with E-state index in [1.165, 1.54) is 38.1 Å². The first-order valence-electron chi connectivity index (χ1n) is 9.07. The Morgan fingerprint density at radius 3 is 1.45 bits per heavy atom. The summed E-state index contributed by atoms with van der Waals surface area (Å²) in [7, 11) is 0. The van der Waals surface area contributed by atoms with Gasteiger partial charge in [0.2, 0.25) is 0 Å². The summed E-state index contributed by atoms with van der Waals surface area (Å²) >= 11 is 0. The minimum atomic E-state index is -1.27. The van der Waals surface area contributed by atoms with Crippen molar-refractivity contribution in [1.29, 1.82) is 0 Å². The molecule has 156 valence electrons. The Morgan fingerprint density at radius 1 is 0.774 bits per heavy atom. The molecule has 2 atom stereocenters. The van der Waals surface area contributed by atoms with E-state index in [9.17, 15) is 30.0 Å². The number of hydrogen-bond acceptors (Lipinski definition) is 8. The molecule has 0 spiro atoms. The number of aliphatic carboxylic acids is 2. The van der Waals surface area contributed by atoms with Crippen LogP contribution in [-0.4, -0.2) is 50.6 Å². The first kappa shape index (κ1) is 23.9. The van der Waals surface area contributed by atoms with Gasteiger partial charge in [-0.1, -0.05) is 48.6 Å². The van der Waals surface area contributed by atoms with Gasteiger partial charge in [-0.3, -0.25) is 0 Å². The van der Waals surface area contributed by atoms with E-state index in [1.807, 2.05) is 0 Å². The number of nitrogens with one attached hydrogen (secondary N) is 2. The third-order valence-corrected chi connectivity index (χ3v) is 4.96. The third-order valence-electron chi connectivity index (χ3n) is 4.96. The van der Waals surface area contributed by atoms with Gasteiger partial charge in [-0.25, -0.2) is 0 Å². The molecule has 4 N–H and O–H groups in total. The second kappa shape index (κ2) is 8.76. The molecule has 2 unspecified atom stereocenters. The van der Waals surface area contributed by atoms with Crippen molar-refractivity contribution in [2.75, 3.05) is 10.6 Å². The van der Waals surface area contributed by atoms with Crippen molar-refractivity contribution in [1.82, 2.24) is 0 Å². The molecule has 0 saturated heterocycles. The summed E-state index contributed by atoms with van der Waals surface area (Å²) in [5.41, 5.74) is -0.182. The van der Waals surface area contributed by atoms with E-state index < -0.39 is 23.0 Å². The van der Waals surface area contributed by atoms with Gasteiger partial charge >= 0.3 is 17.4 Å². The quantitative estimate of drug-likeness (QED) is 0.389. The van der Waals surface area contributed by atoms with Crippen molar-refractivity contribution < 1.29 is 30.0 Å². The maximum absolute atomic E-state index is 10.9. The summed E-state index contributed by atoms with van der Waals surface area (Å²) in [5.74, 6) is -2.39. The molecule has 2 aliphatic heterocycles. The fraction of sp³-hybridized carbons (Fsp3) is 0.182. The van der Waals surface area contributed by atoms with Gasteiger partial charge in [0.15, 0.2) is 0 Å². The molecular formula is C22H20AlN2O6+. The van der Waals surface area contributed by atoms with Crippen LogP contribution in [0.25, 0.3) is 12.2 Å². The molecule has 0 saturated carbocycles. The third kappa shape index (κ3) is 4.68. The number of fused-ring (bicyclic) bond motifs is 2. The molecule has 2 aromatic rings. The molecule has 0 amide bonds. The van der Waals surface area contributed by atoms with Crippen LogP contribution >= 0.6 is 0 Å². The van der Waals surface area contributed by atoms with E-state index in [2.05, 4.69) is 10.6 Å². The number of benzene rings is 2. The molecule has 2 aliphatic rings. The molecule has 0 fully saturated rings. The largest absolute Gasteiger partial charge is 3.00 e. The van der Waals surface area contributed by atoms with Crippen LogP contribution in [0.4, 0.5) is 11.4 Å². The van der Waals surface area contributed by atoms with Gasteiger partial charge in [-0.15, -0.1) is 0 Å². The summed E-state index contributed by atoms with van der Waals surface area (Å²) in [4.78, 5) is 21.8.